The largest absolute Gasteiger partial charge is 0.497 e. The number of carbonyl (C=O) groups is 2. The molecule has 3 N–H and O–H groups in total. The van der Waals surface area contributed by atoms with E-state index in [1.165, 1.54) is 0 Å². The van der Waals surface area contributed by atoms with E-state index >= 15 is 0 Å². The summed E-state index contributed by atoms with van der Waals surface area (Å²) in [5.41, 5.74) is 6.43. The first-order valence-corrected chi connectivity index (χ1v) is 21.9. The normalized spacial score (nSPS) is 20.8. The van der Waals surface area contributed by atoms with Crippen molar-refractivity contribution < 1.29 is 38.0 Å². The van der Waals surface area contributed by atoms with Crippen LogP contribution in [0.1, 0.15) is 81.2 Å². The van der Waals surface area contributed by atoms with Gasteiger partial charge in [-0.3, -0.25) is 14.7 Å². The Balaban J connectivity index is 0.000000200. The van der Waals surface area contributed by atoms with Gasteiger partial charge in [0.25, 0.3) is 0 Å². The van der Waals surface area contributed by atoms with Crippen molar-refractivity contribution in [2.75, 3.05) is 68.8 Å². The molecule has 4 fully saturated rings. The first-order chi connectivity index (χ1) is 30.1. The number of amides is 4. The van der Waals surface area contributed by atoms with Crippen LogP contribution in [0.15, 0.2) is 66.0 Å². The molecule has 6 aliphatic heterocycles. The highest BCUT2D eigenvalue weighted by molar-refractivity contribution is 5.85. The molecule has 0 radical (unpaired) electrons. The lowest BCUT2D eigenvalue weighted by atomic mass is 9.77. The molecule has 3 aromatic carbocycles. The highest BCUT2D eigenvalue weighted by Crippen LogP contribution is 2.49. The summed E-state index contributed by atoms with van der Waals surface area (Å²) in [4.78, 5) is 32.4. The van der Waals surface area contributed by atoms with Crippen molar-refractivity contribution in [3.05, 3.63) is 93.8 Å². The van der Waals surface area contributed by atoms with Gasteiger partial charge in [0.2, 0.25) is 0 Å². The Hall–Kier alpha value is -5.31. The predicted octanol–water partition coefficient (Wildman–Crippen LogP) is 7.40. The number of nitrogens with one attached hydrogen (secondary N) is 3. The summed E-state index contributed by atoms with van der Waals surface area (Å²) in [7, 11) is 10.0. The molecule has 0 saturated carbocycles. The Morgan fingerprint density at radius 3 is 1.36 bits per heavy atom. The number of likely N-dealkylation sites (tertiary alicyclic amines) is 1. The summed E-state index contributed by atoms with van der Waals surface area (Å²) >= 11 is 0. The molecule has 346 valence electrons. The number of piperidine rings is 2. The topological polar surface area (TPSA) is 135 Å². The lowest BCUT2D eigenvalue weighted by Gasteiger charge is -2.40. The molecule has 0 aromatic heterocycles. The van der Waals surface area contributed by atoms with E-state index in [1.54, 1.807) is 42.7 Å². The molecule has 6 heterocycles. The van der Waals surface area contributed by atoms with Crippen molar-refractivity contribution in [1.82, 2.24) is 30.7 Å². The van der Waals surface area contributed by atoms with Crippen LogP contribution >= 0.6 is 12.4 Å². The highest BCUT2D eigenvalue weighted by atomic mass is 35.5. The minimum Gasteiger partial charge on any atom is -0.497 e. The van der Waals surface area contributed by atoms with Crippen molar-refractivity contribution in [3.8, 4) is 34.5 Å². The zero-order chi connectivity index (χ0) is 44.9. The zero-order valence-corrected chi connectivity index (χ0v) is 39.8. The fourth-order valence-electron chi connectivity index (χ4n) is 10.8. The lowest BCUT2D eigenvalue weighted by Crippen LogP contribution is -2.51. The fourth-order valence-corrected chi connectivity index (χ4v) is 10.8. The molecular weight excluding hydrogens is 836 g/mol. The van der Waals surface area contributed by atoms with Gasteiger partial charge in [0, 0.05) is 71.2 Å². The Kier molecular flexibility index (Phi) is 13.1. The van der Waals surface area contributed by atoms with Crippen LogP contribution in [-0.4, -0.2) is 107 Å². The Bertz CT molecular complexity index is 2310. The number of urea groups is 2. The van der Waals surface area contributed by atoms with E-state index in [4.69, 9.17) is 28.4 Å². The van der Waals surface area contributed by atoms with Crippen molar-refractivity contribution in [2.45, 2.75) is 94.9 Å². The maximum atomic E-state index is 13.3. The fraction of sp³-hybridized carbons (Fsp3) is 0.510. The molecule has 4 saturated heterocycles. The van der Waals surface area contributed by atoms with Crippen molar-refractivity contribution in [1.29, 1.82) is 0 Å². The monoisotopic (exact) mass is 900 g/mol. The van der Waals surface area contributed by atoms with Gasteiger partial charge in [-0.05, 0) is 79.7 Å². The number of halogens is 1. The average Bonchev–Trinajstić information content (AvgIpc) is 3.52. The van der Waals surface area contributed by atoms with Gasteiger partial charge in [0.1, 0.15) is 34.5 Å². The smallest absolute Gasteiger partial charge is 0.322 e. The number of nitrogens with zero attached hydrogens (tertiary/aromatic N) is 3. The van der Waals surface area contributed by atoms with E-state index in [1.807, 2.05) is 40.1 Å². The quantitative estimate of drug-likeness (QED) is 0.210. The molecule has 0 atom stereocenters. The molecule has 0 unspecified atom stereocenters. The van der Waals surface area contributed by atoms with E-state index in [-0.39, 0.29) is 46.4 Å². The molecule has 14 nitrogen and oxygen atoms in total. The van der Waals surface area contributed by atoms with Crippen molar-refractivity contribution in [2.24, 2.45) is 0 Å². The Morgan fingerprint density at radius 1 is 0.547 bits per heavy atom. The summed E-state index contributed by atoms with van der Waals surface area (Å²) in [6.07, 6.45) is 8.04. The van der Waals surface area contributed by atoms with Gasteiger partial charge in [-0.25, -0.2) is 9.59 Å². The number of hydrogen-bond donors (Lipinski definition) is 3. The number of rotatable bonds is 8. The van der Waals surface area contributed by atoms with E-state index in [9.17, 15) is 9.59 Å². The number of benzene rings is 3. The second-order valence-corrected chi connectivity index (χ2v) is 18.7. The van der Waals surface area contributed by atoms with Crippen LogP contribution in [0.5, 0.6) is 34.5 Å². The lowest BCUT2D eigenvalue weighted by molar-refractivity contribution is 0.159. The molecule has 0 bridgehead atoms. The molecule has 64 heavy (non-hydrogen) atoms. The van der Waals surface area contributed by atoms with E-state index in [0.29, 0.717) is 13.1 Å². The standard InChI is InChI=1S/C29H37N3O5.C20H27N3O3.ClH/c1-28(2)16-25-29(7-9-31(10-8-29)17-19-11-21(34-3)14-22(12-19)35-4)30-27(33)32(25)18-20-13-23(36-5)15-24(37-6)26(20)28;1-19(2)11-16-20(5-7-21-8-6-20)22-18(24)23(16)12-13-9-14(25-3)10-15(26-4)17(13)19;/h11-16H,7-10,17-18H2,1-6H3,(H,30,33);9-11,21H,5-8,12H2,1-4H3,(H,22,24);1H. The average molecular weight is 902 g/mol. The molecular formula is C49H65ClN6O8. The SMILES string of the molecule is COc1cc(CN2CCC3(CC2)NC(=O)N2Cc4cc(OC)cc(OC)c4C(C)(C)C=C23)cc(OC)c1.COc1cc2c(c(OC)c1)C(C)(C)C=C1N(C2)C(=O)NC12CCNCC2.Cl. The van der Waals surface area contributed by atoms with Gasteiger partial charge in [-0.2, -0.15) is 0 Å². The van der Waals surface area contributed by atoms with Crippen molar-refractivity contribution in [3.63, 3.8) is 0 Å². The first kappa shape index (κ1) is 46.7. The second kappa shape index (κ2) is 17.9. The van der Waals surface area contributed by atoms with Crippen LogP contribution in [0.2, 0.25) is 0 Å². The molecule has 0 aliphatic carbocycles. The Morgan fingerprint density at radius 2 is 0.953 bits per heavy atom. The third kappa shape index (κ3) is 8.40. The van der Waals surface area contributed by atoms with Crippen LogP contribution < -0.4 is 44.4 Å². The molecule has 6 aliphatic rings. The molecule has 2 spiro atoms. The third-order valence-electron chi connectivity index (χ3n) is 13.9. The van der Waals surface area contributed by atoms with E-state index in [2.05, 4.69) is 72.8 Å². The first-order valence-electron chi connectivity index (χ1n) is 21.9. The van der Waals surface area contributed by atoms with Crippen LogP contribution in [0.4, 0.5) is 9.59 Å². The molecule has 4 amide bonds. The number of hydrogen-bond acceptors (Lipinski definition) is 10. The van der Waals surface area contributed by atoms with Crippen LogP contribution in [0.25, 0.3) is 0 Å². The minimum absolute atomic E-state index is 0. The van der Waals surface area contributed by atoms with E-state index < -0.39 is 0 Å². The summed E-state index contributed by atoms with van der Waals surface area (Å²) in [6, 6.07) is 13.9. The number of fused-ring (bicyclic) bond motifs is 6. The van der Waals surface area contributed by atoms with Gasteiger partial charge < -0.3 is 44.4 Å². The molecule has 9 rings (SSSR count). The second-order valence-electron chi connectivity index (χ2n) is 18.7. The van der Waals surface area contributed by atoms with Gasteiger partial charge in [0.15, 0.2) is 0 Å². The minimum atomic E-state index is -0.379. The third-order valence-corrected chi connectivity index (χ3v) is 13.9. The van der Waals surface area contributed by atoms with Crippen LogP contribution in [0.3, 0.4) is 0 Å². The summed E-state index contributed by atoms with van der Waals surface area (Å²) in [5.74, 6) is 4.65. The van der Waals surface area contributed by atoms with Crippen LogP contribution in [0, 0.1) is 0 Å². The summed E-state index contributed by atoms with van der Waals surface area (Å²) in [5, 5.41) is 10.1. The Labute approximate surface area is 384 Å². The maximum Gasteiger partial charge on any atom is 0.322 e. The number of methoxy groups -OCH3 is 6. The predicted molar refractivity (Wildman–Crippen MR) is 248 cm³/mol. The zero-order valence-electron chi connectivity index (χ0n) is 39.0. The summed E-state index contributed by atoms with van der Waals surface area (Å²) < 4.78 is 33.4. The number of ether oxygens (including phenoxy) is 6. The van der Waals surface area contributed by atoms with Crippen molar-refractivity contribution >= 4 is 24.5 Å². The number of allylic oxidation sites excluding steroid dienone is 2. The van der Waals surface area contributed by atoms with Gasteiger partial charge in [0.05, 0.1) is 66.8 Å². The van der Waals surface area contributed by atoms with Crippen LogP contribution in [-0.2, 0) is 30.5 Å². The molecule has 15 heteroatoms. The van der Waals surface area contributed by atoms with Gasteiger partial charge in [-0.1, -0.05) is 39.8 Å². The number of carbonyl (C=O) groups excluding carboxylic acids is 2. The molecule has 3 aromatic rings. The van der Waals surface area contributed by atoms with Gasteiger partial charge in [-0.15, -0.1) is 12.4 Å². The maximum absolute atomic E-state index is 13.3. The summed E-state index contributed by atoms with van der Waals surface area (Å²) in [6.45, 7) is 14.1. The highest BCUT2D eigenvalue weighted by Gasteiger charge is 2.52. The van der Waals surface area contributed by atoms with Gasteiger partial charge >= 0.3 is 12.1 Å². The van der Waals surface area contributed by atoms with E-state index in [0.717, 1.165) is 132 Å².